The van der Waals surface area contributed by atoms with Crippen molar-refractivity contribution in [2.75, 3.05) is 0 Å². The van der Waals surface area contributed by atoms with Gasteiger partial charge in [0, 0.05) is 11.0 Å². The second kappa shape index (κ2) is 6.90. The van der Waals surface area contributed by atoms with E-state index < -0.39 is 5.91 Å². The van der Waals surface area contributed by atoms with Crippen LogP contribution < -0.4 is 5.73 Å². The molecular formula is C26H26FNO2. The van der Waals surface area contributed by atoms with E-state index in [1.54, 1.807) is 30.3 Å². The van der Waals surface area contributed by atoms with Crippen LogP contribution in [0.25, 0.3) is 6.08 Å². The molecule has 4 heteroatoms. The first-order valence-corrected chi connectivity index (χ1v) is 10.8. The first kappa shape index (κ1) is 19.2. The summed E-state index contributed by atoms with van der Waals surface area (Å²) in [4.78, 5) is 24.9. The lowest BCUT2D eigenvalue weighted by atomic mass is 9.55. The topological polar surface area (TPSA) is 60.2 Å². The van der Waals surface area contributed by atoms with Gasteiger partial charge in [-0.25, -0.2) is 4.39 Å². The smallest absolute Gasteiger partial charge is 0.248 e. The third-order valence-electron chi connectivity index (χ3n) is 7.84. The van der Waals surface area contributed by atoms with E-state index >= 15 is 0 Å². The number of benzene rings is 2. The summed E-state index contributed by atoms with van der Waals surface area (Å²) in [6.07, 6.45) is 6.46. The molecule has 3 aliphatic carbocycles. The SMILES string of the molecule is C[C@]12CC[C@@H]3c4ccc(F)cc4CC[C@H]3[C@@H]1C/C(=C\c1cccc(C(N)=O)c1)C2=O. The molecule has 4 atom stereocenters. The number of rotatable bonds is 2. The second-order valence-corrected chi connectivity index (χ2v) is 9.41. The van der Waals surface area contributed by atoms with E-state index in [0.29, 0.717) is 23.3 Å². The number of allylic oxidation sites excluding steroid dienone is 1. The molecule has 2 aromatic rings. The van der Waals surface area contributed by atoms with Gasteiger partial charge in [-0.05, 0) is 102 Å². The van der Waals surface area contributed by atoms with Crippen LogP contribution in [-0.2, 0) is 11.2 Å². The van der Waals surface area contributed by atoms with E-state index in [4.69, 9.17) is 5.73 Å². The number of Topliss-reactive ketones (excluding diaryl/α,β-unsaturated/α-hetero) is 1. The largest absolute Gasteiger partial charge is 0.366 e. The summed E-state index contributed by atoms with van der Waals surface area (Å²) < 4.78 is 13.7. The van der Waals surface area contributed by atoms with Gasteiger partial charge in [0.25, 0.3) is 0 Å². The van der Waals surface area contributed by atoms with Gasteiger partial charge >= 0.3 is 0 Å². The van der Waals surface area contributed by atoms with Gasteiger partial charge in [-0.1, -0.05) is 25.1 Å². The predicted octanol–water partition coefficient (Wildman–Crippen LogP) is 5.04. The van der Waals surface area contributed by atoms with E-state index in [1.807, 2.05) is 18.2 Å². The van der Waals surface area contributed by atoms with Crippen molar-refractivity contribution in [2.45, 2.75) is 44.9 Å². The number of fused-ring (bicyclic) bond motifs is 5. The molecule has 0 heterocycles. The Morgan fingerprint density at radius 3 is 2.83 bits per heavy atom. The molecule has 3 aliphatic rings. The Labute approximate surface area is 176 Å². The number of carbonyl (C=O) groups is 2. The highest BCUT2D eigenvalue weighted by atomic mass is 19.1. The number of ketones is 1. The number of aryl methyl sites for hydroxylation is 1. The molecule has 2 aromatic carbocycles. The van der Waals surface area contributed by atoms with Crippen LogP contribution in [0.2, 0.25) is 0 Å². The minimum Gasteiger partial charge on any atom is -0.366 e. The zero-order chi connectivity index (χ0) is 21.0. The van der Waals surface area contributed by atoms with Crippen LogP contribution in [0, 0.1) is 23.1 Å². The third-order valence-corrected chi connectivity index (χ3v) is 7.84. The highest BCUT2D eigenvalue weighted by Gasteiger charge is 2.56. The van der Waals surface area contributed by atoms with Crippen molar-refractivity contribution in [3.8, 4) is 0 Å². The van der Waals surface area contributed by atoms with E-state index in [2.05, 4.69) is 6.92 Å². The van der Waals surface area contributed by atoms with Crippen LogP contribution in [-0.4, -0.2) is 11.7 Å². The average Bonchev–Trinajstić information content (AvgIpc) is 2.98. The highest BCUT2D eigenvalue weighted by Crippen LogP contribution is 2.60. The van der Waals surface area contributed by atoms with Crippen molar-refractivity contribution in [3.63, 3.8) is 0 Å². The Kier molecular flexibility index (Phi) is 4.42. The fourth-order valence-corrected chi connectivity index (χ4v) is 6.33. The Hall–Kier alpha value is -2.75. The van der Waals surface area contributed by atoms with E-state index in [0.717, 1.165) is 48.8 Å². The average molecular weight is 403 g/mol. The number of nitrogens with two attached hydrogens (primary N) is 1. The van der Waals surface area contributed by atoms with Gasteiger partial charge in [0.15, 0.2) is 5.78 Å². The quantitative estimate of drug-likeness (QED) is 0.714. The van der Waals surface area contributed by atoms with Crippen molar-refractivity contribution in [1.29, 1.82) is 0 Å². The molecule has 30 heavy (non-hydrogen) atoms. The Bertz CT molecular complexity index is 1090. The summed E-state index contributed by atoms with van der Waals surface area (Å²) in [7, 11) is 0. The number of primary amides is 1. The molecule has 0 bridgehead atoms. The number of hydrogen-bond donors (Lipinski definition) is 1. The van der Waals surface area contributed by atoms with Gasteiger partial charge in [0.1, 0.15) is 5.82 Å². The molecule has 5 rings (SSSR count). The van der Waals surface area contributed by atoms with Gasteiger partial charge < -0.3 is 5.73 Å². The van der Waals surface area contributed by atoms with Crippen molar-refractivity contribution < 1.29 is 14.0 Å². The van der Waals surface area contributed by atoms with Crippen molar-refractivity contribution >= 4 is 17.8 Å². The maximum absolute atomic E-state index is 13.7. The number of amides is 1. The zero-order valence-electron chi connectivity index (χ0n) is 17.2. The molecule has 0 saturated heterocycles. The Balaban J connectivity index is 1.48. The van der Waals surface area contributed by atoms with Crippen LogP contribution in [0.1, 0.15) is 65.6 Å². The van der Waals surface area contributed by atoms with E-state index in [-0.39, 0.29) is 17.0 Å². The zero-order valence-corrected chi connectivity index (χ0v) is 17.2. The Morgan fingerprint density at radius 1 is 1.20 bits per heavy atom. The van der Waals surface area contributed by atoms with Crippen molar-refractivity contribution in [1.82, 2.24) is 0 Å². The summed E-state index contributed by atoms with van der Waals surface area (Å²) in [6.45, 7) is 2.14. The molecule has 2 saturated carbocycles. The predicted molar refractivity (Wildman–Crippen MR) is 114 cm³/mol. The summed E-state index contributed by atoms with van der Waals surface area (Å²) >= 11 is 0. The van der Waals surface area contributed by atoms with Gasteiger partial charge in [-0.15, -0.1) is 0 Å². The molecule has 3 nitrogen and oxygen atoms in total. The van der Waals surface area contributed by atoms with E-state index in [1.165, 1.54) is 5.56 Å². The van der Waals surface area contributed by atoms with Crippen LogP contribution in [0.15, 0.2) is 48.0 Å². The molecule has 2 N–H and O–H groups in total. The molecular weight excluding hydrogens is 377 g/mol. The highest BCUT2D eigenvalue weighted by molar-refractivity contribution is 6.06. The number of hydrogen-bond acceptors (Lipinski definition) is 2. The Morgan fingerprint density at radius 2 is 2.03 bits per heavy atom. The normalized spacial score (nSPS) is 31.2. The van der Waals surface area contributed by atoms with Gasteiger partial charge in [0.2, 0.25) is 5.91 Å². The summed E-state index contributed by atoms with van der Waals surface area (Å²) in [5.41, 5.74) is 9.66. The lowest BCUT2D eigenvalue weighted by molar-refractivity contribution is -0.127. The molecule has 2 fully saturated rings. The van der Waals surface area contributed by atoms with Crippen molar-refractivity contribution in [2.24, 2.45) is 23.0 Å². The molecule has 154 valence electrons. The molecule has 0 aromatic heterocycles. The van der Waals surface area contributed by atoms with Crippen LogP contribution in [0.5, 0.6) is 0 Å². The van der Waals surface area contributed by atoms with Crippen LogP contribution in [0.4, 0.5) is 4.39 Å². The molecule has 0 spiro atoms. The fraction of sp³-hybridized carbons (Fsp3) is 0.385. The lowest BCUT2D eigenvalue weighted by Crippen LogP contribution is -2.42. The lowest BCUT2D eigenvalue weighted by Gasteiger charge is -2.48. The monoisotopic (exact) mass is 403 g/mol. The fourth-order valence-electron chi connectivity index (χ4n) is 6.33. The summed E-state index contributed by atoms with van der Waals surface area (Å²) in [5, 5.41) is 0. The van der Waals surface area contributed by atoms with Crippen molar-refractivity contribution in [3.05, 3.63) is 76.1 Å². The summed E-state index contributed by atoms with van der Waals surface area (Å²) in [5.74, 6) is 0.806. The van der Waals surface area contributed by atoms with Gasteiger partial charge in [0.05, 0.1) is 0 Å². The number of halogens is 1. The van der Waals surface area contributed by atoms with Crippen LogP contribution >= 0.6 is 0 Å². The molecule has 0 aliphatic heterocycles. The van der Waals surface area contributed by atoms with Gasteiger partial charge in [-0.2, -0.15) is 0 Å². The third kappa shape index (κ3) is 2.92. The second-order valence-electron chi connectivity index (χ2n) is 9.41. The number of carbonyl (C=O) groups excluding carboxylic acids is 2. The van der Waals surface area contributed by atoms with Crippen LogP contribution in [0.3, 0.4) is 0 Å². The van der Waals surface area contributed by atoms with E-state index in [9.17, 15) is 14.0 Å². The minimum atomic E-state index is -0.464. The maximum atomic E-state index is 13.7. The first-order chi connectivity index (χ1) is 14.4. The molecule has 0 radical (unpaired) electrons. The summed E-state index contributed by atoms with van der Waals surface area (Å²) in [6, 6.07) is 12.4. The maximum Gasteiger partial charge on any atom is 0.248 e. The van der Waals surface area contributed by atoms with Gasteiger partial charge in [-0.3, -0.25) is 9.59 Å². The standard InChI is InChI=1S/C26H26FNO2/c1-26-10-9-21-20-8-6-19(27)13-16(20)5-7-22(21)23(26)14-18(24(26)29)12-15-3-2-4-17(11-15)25(28)30/h2-4,6,8,11-13,21-23H,5,7,9-10,14H2,1H3,(H2,28,30)/b18-12+/t21-,22-,23+,26+/m1/s1. The molecule has 1 amide bonds. The minimum absolute atomic E-state index is 0.160. The first-order valence-electron chi connectivity index (χ1n) is 10.8. The molecule has 0 unspecified atom stereocenters.